The number of nitrogens with zero attached hydrogens (tertiary/aromatic N) is 3. The van der Waals surface area contributed by atoms with E-state index < -0.39 is 0 Å². The van der Waals surface area contributed by atoms with Crippen molar-refractivity contribution in [3.63, 3.8) is 0 Å². The number of fused-ring (bicyclic) bond motifs is 1. The standard InChI is InChI=1S/C26H39N7O/c1-15-9-10-19-18(12-15)22(31-20-7-5-6-8-21(20)32-25(27)28)33-23(30-19)24(34)29-17-11-16(2)13-26(3,4)14-17/h9-10,12,16-17,20-21H,5-8,11,13-14H2,1-4H3,(H,29,34)(H4,27,28,32)(H,30,31,33). The molecule has 8 heteroatoms. The number of anilines is 1. The Kier molecular flexibility index (Phi) is 6.96. The van der Waals surface area contributed by atoms with Gasteiger partial charge in [-0.1, -0.05) is 45.2 Å². The van der Waals surface area contributed by atoms with Gasteiger partial charge in [-0.05, 0) is 62.5 Å². The number of aliphatic imine (C=N–C) groups is 1. The molecule has 184 valence electrons. The molecule has 0 saturated heterocycles. The highest BCUT2D eigenvalue weighted by Crippen LogP contribution is 2.38. The average molecular weight is 466 g/mol. The summed E-state index contributed by atoms with van der Waals surface area (Å²) in [5, 5.41) is 7.69. The van der Waals surface area contributed by atoms with E-state index in [4.69, 9.17) is 16.5 Å². The predicted molar refractivity (Wildman–Crippen MR) is 138 cm³/mol. The summed E-state index contributed by atoms with van der Waals surface area (Å²) >= 11 is 0. The van der Waals surface area contributed by atoms with Crippen LogP contribution in [0.5, 0.6) is 0 Å². The summed E-state index contributed by atoms with van der Waals surface area (Å²) in [6.07, 6.45) is 7.17. The maximum atomic E-state index is 13.3. The molecule has 2 aliphatic rings. The number of carbonyl (C=O) groups excluding carboxylic acids is 1. The molecule has 0 radical (unpaired) electrons. The fourth-order valence-electron chi connectivity index (χ4n) is 5.96. The second kappa shape index (κ2) is 9.76. The maximum Gasteiger partial charge on any atom is 0.289 e. The SMILES string of the molecule is Cc1ccc2nc(C(=O)NC3CC(C)CC(C)(C)C3)nc(NC3CCCCC3N=C(N)N)c2c1. The van der Waals surface area contributed by atoms with Crippen molar-refractivity contribution in [2.75, 3.05) is 5.32 Å². The Morgan fingerprint density at radius 3 is 2.65 bits per heavy atom. The van der Waals surface area contributed by atoms with Crippen LogP contribution in [0.15, 0.2) is 23.2 Å². The number of guanidine groups is 1. The Hall–Kier alpha value is -2.90. The zero-order valence-corrected chi connectivity index (χ0v) is 20.9. The van der Waals surface area contributed by atoms with E-state index in [1.54, 1.807) is 0 Å². The second-order valence-corrected chi connectivity index (χ2v) is 11.2. The van der Waals surface area contributed by atoms with Crippen molar-refractivity contribution in [1.82, 2.24) is 15.3 Å². The highest BCUT2D eigenvalue weighted by atomic mass is 16.2. The molecule has 4 rings (SSSR count). The van der Waals surface area contributed by atoms with E-state index in [2.05, 4.69) is 47.4 Å². The molecule has 4 atom stereocenters. The Morgan fingerprint density at radius 1 is 1.15 bits per heavy atom. The molecule has 1 heterocycles. The first-order valence-corrected chi connectivity index (χ1v) is 12.5. The lowest BCUT2D eigenvalue weighted by molar-refractivity contribution is 0.0864. The first kappa shape index (κ1) is 24.2. The molecule has 1 aromatic heterocycles. The summed E-state index contributed by atoms with van der Waals surface area (Å²) in [4.78, 5) is 27.1. The Labute approximate surface area is 202 Å². The molecule has 1 amide bonds. The second-order valence-electron chi connectivity index (χ2n) is 11.2. The van der Waals surface area contributed by atoms with Crippen LogP contribution >= 0.6 is 0 Å². The number of aromatic nitrogens is 2. The van der Waals surface area contributed by atoms with Gasteiger partial charge in [0.2, 0.25) is 5.82 Å². The van der Waals surface area contributed by atoms with Crippen LogP contribution in [0.2, 0.25) is 0 Å². The van der Waals surface area contributed by atoms with E-state index >= 15 is 0 Å². The van der Waals surface area contributed by atoms with E-state index in [1.165, 1.54) is 6.42 Å². The normalized spacial score (nSPS) is 26.6. The van der Waals surface area contributed by atoms with Gasteiger partial charge in [0.1, 0.15) is 5.82 Å². The van der Waals surface area contributed by atoms with Crippen molar-refractivity contribution in [3.05, 3.63) is 29.6 Å². The van der Waals surface area contributed by atoms with Crippen LogP contribution in [0.25, 0.3) is 10.9 Å². The van der Waals surface area contributed by atoms with Gasteiger partial charge in [-0.3, -0.25) is 4.79 Å². The van der Waals surface area contributed by atoms with Crippen molar-refractivity contribution < 1.29 is 4.79 Å². The smallest absolute Gasteiger partial charge is 0.289 e. The van der Waals surface area contributed by atoms with Crippen molar-refractivity contribution >= 4 is 28.6 Å². The molecule has 2 fully saturated rings. The Balaban J connectivity index is 1.63. The number of rotatable bonds is 5. The molecular formula is C26H39N7O. The third-order valence-electron chi connectivity index (χ3n) is 7.14. The minimum atomic E-state index is -0.218. The Bertz CT molecular complexity index is 1080. The number of nitrogens with two attached hydrogens (primary N) is 2. The maximum absolute atomic E-state index is 13.3. The van der Waals surface area contributed by atoms with Crippen LogP contribution < -0.4 is 22.1 Å². The summed E-state index contributed by atoms with van der Waals surface area (Å²) in [6.45, 7) is 8.85. The lowest BCUT2D eigenvalue weighted by Crippen LogP contribution is -2.43. The summed E-state index contributed by atoms with van der Waals surface area (Å²) < 4.78 is 0. The number of nitrogens with one attached hydrogen (secondary N) is 2. The lowest BCUT2D eigenvalue weighted by Gasteiger charge is -2.39. The van der Waals surface area contributed by atoms with Crippen molar-refractivity contribution in [3.8, 4) is 0 Å². The number of carbonyl (C=O) groups is 1. The largest absolute Gasteiger partial charge is 0.370 e. The summed E-state index contributed by atoms with van der Waals surface area (Å²) in [5.41, 5.74) is 13.5. The van der Waals surface area contributed by atoms with Gasteiger partial charge < -0.3 is 22.1 Å². The van der Waals surface area contributed by atoms with E-state index in [0.29, 0.717) is 11.7 Å². The number of benzene rings is 1. The third-order valence-corrected chi connectivity index (χ3v) is 7.14. The van der Waals surface area contributed by atoms with Crippen molar-refractivity contribution in [2.24, 2.45) is 27.8 Å². The molecule has 2 aliphatic carbocycles. The average Bonchev–Trinajstić information content (AvgIpc) is 2.73. The first-order valence-electron chi connectivity index (χ1n) is 12.5. The van der Waals surface area contributed by atoms with Crippen LogP contribution in [0.1, 0.15) is 81.9 Å². The zero-order valence-electron chi connectivity index (χ0n) is 20.9. The van der Waals surface area contributed by atoms with E-state index in [-0.39, 0.29) is 41.2 Å². The highest BCUT2D eigenvalue weighted by Gasteiger charge is 2.33. The van der Waals surface area contributed by atoms with E-state index in [1.807, 2.05) is 19.1 Å². The molecule has 6 N–H and O–H groups in total. The summed E-state index contributed by atoms with van der Waals surface area (Å²) in [7, 11) is 0. The van der Waals surface area contributed by atoms with E-state index in [9.17, 15) is 4.79 Å². The fraction of sp³-hybridized carbons (Fsp3) is 0.615. The first-order chi connectivity index (χ1) is 16.1. The number of amides is 1. The van der Waals surface area contributed by atoms with Gasteiger partial charge in [0.05, 0.1) is 17.6 Å². The molecule has 0 aliphatic heterocycles. The number of hydrogen-bond donors (Lipinski definition) is 4. The van der Waals surface area contributed by atoms with Crippen LogP contribution in [-0.2, 0) is 0 Å². The van der Waals surface area contributed by atoms with Crippen molar-refractivity contribution in [2.45, 2.75) is 90.8 Å². The van der Waals surface area contributed by atoms with Gasteiger partial charge in [-0.15, -0.1) is 0 Å². The van der Waals surface area contributed by atoms with Crippen LogP contribution in [-0.4, -0.2) is 40.0 Å². The lowest BCUT2D eigenvalue weighted by atomic mass is 9.70. The van der Waals surface area contributed by atoms with Crippen LogP contribution in [0.3, 0.4) is 0 Å². The molecule has 2 aromatic rings. The van der Waals surface area contributed by atoms with Gasteiger partial charge in [-0.25, -0.2) is 15.0 Å². The summed E-state index contributed by atoms with van der Waals surface area (Å²) in [5.74, 6) is 1.32. The Morgan fingerprint density at radius 2 is 1.91 bits per heavy atom. The molecular weight excluding hydrogens is 426 g/mol. The van der Waals surface area contributed by atoms with Gasteiger partial charge in [0.15, 0.2) is 5.96 Å². The molecule has 8 nitrogen and oxygen atoms in total. The van der Waals surface area contributed by atoms with Crippen LogP contribution in [0.4, 0.5) is 5.82 Å². The van der Waals surface area contributed by atoms with Crippen molar-refractivity contribution in [1.29, 1.82) is 0 Å². The number of hydrogen-bond acceptors (Lipinski definition) is 5. The minimum absolute atomic E-state index is 0.0168. The van der Waals surface area contributed by atoms with E-state index in [0.717, 1.165) is 55.0 Å². The third kappa shape index (κ3) is 5.77. The van der Waals surface area contributed by atoms with Gasteiger partial charge in [-0.2, -0.15) is 0 Å². The summed E-state index contributed by atoms with van der Waals surface area (Å²) in [6, 6.07) is 6.18. The molecule has 34 heavy (non-hydrogen) atoms. The quantitative estimate of drug-likeness (QED) is 0.391. The fourth-order valence-corrected chi connectivity index (χ4v) is 5.96. The molecule has 4 unspecified atom stereocenters. The monoisotopic (exact) mass is 465 g/mol. The minimum Gasteiger partial charge on any atom is -0.370 e. The van der Waals surface area contributed by atoms with Gasteiger partial charge >= 0.3 is 0 Å². The molecule has 2 saturated carbocycles. The highest BCUT2D eigenvalue weighted by molar-refractivity contribution is 5.96. The van der Waals surface area contributed by atoms with Gasteiger partial charge in [0, 0.05) is 11.4 Å². The predicted octanol–water partition coefficient (Wildman–Crippen LogP) is 3.88. The molecule has 0 spiro atoms. The number of aryl methyl sites for hydroxylation is 1. The zero-order chi connectivity index (χ0) is 24.5. The van der Waals surface area contributed by atoms with Gasteiger partial charge in [0.25, 0.3) is 5.91 Å². The molecule has 0 bridgehead atoms. The topological polar surface area (TPSA) is 131 Å². The molecule has 1 aromatic carbocycles. The van der Waals surface area contributed by atoms with Crippen LogP contribution in [0, 0.1) is 18.3 Å².